The molecule has 2 unspecified atom stereocenters. The average molecular weight is 1290 g/mol. The molecule has 0 fully saturated rings. The lowest BCUT2D eigenvalue weighted by Gasteiger charge is -2.46. The molecule has 0 spiro atoms. The van der Waals surface area contributed by atoms with Crippen LogP contribution < -0.4 is 0 Å². The quantitative estimate of drug-likeness (QED) is 0.0620. The summed E-state index contributed by atoms with van der Waals surface area (Å²) in [6, 6.07) is 0. The molecule has 0 aromatic carbocycles. The smallest absolute Gasteiger partial charge is 0.380 e. The van der Waals surface area contributed by atoms with E-state index in [1.54, 1.807) is 0 Å². The van der Waals surface area contributed by atoms with E-state index in [2.05, 4.69) is 17.9 Å². The number of allylic oxidation sites excluding steroid dienone is 2. The Kier molecular flexibility index (Phi) is 19.0. The summed E-state index contributed by atoms with van der Waals surface area (Å²) < 4.78 is 642. The number of rotatable bonds is 26. The maximum atomic E-state index is 15.0. The van der Waals surface area contributed by atoms with Gasteiger partial charge in [0.05, 0.1) is 25.0 Å². The number of ether oxygens (including phenoxy) is 1. The van der Waals surface area contributed by atoms with E-state index in [1.165, 1.54) is 0 Å². The van der Waals surface area contributed by atoms with Crippen LogP contribution in [0.4, 0.5) is 202 Å². The summed E-state index contributed by atoms with van der Waals surface area (Å²) in [5, 5.41) is 0. The molecule has 0 saturated carbocycles. The Labute approximate surface area is 401 Å². The van der Waals surface area contributed by atoms with Crippen molar-refractivity contribution in [2.24, 2.45) is 11.8 Å². The zero-order valence-electron chi connectivity index (χ0n) is 35.3. The molecule has 0 rings (SSSR count). The molecule has 0 aliphatic rings. The fraction of sp³-hybridized carbons (Fsp3) is 0.875. The Morgan fingerprint density at radius 2 is 0.367 bits per heavy atom. The van der Waals surface area contributed by atoms with Crippen LogP contribution in [0.25, 0.3) is 0 Å². The number of halogens is 46. The summed E-state index contributed by atoms with van der Waals surface area (Å²) in [6.07, 6.45) is -42.0. The Bertz CT molecular complexity index is 1950. The minimum atomic E-state index is -10.0. The average Bonchev–Trinajstić information content (AvgIpc) is 3.22. The van der Waals surface area contributed by atoms with Gasteiger partial charge in [-0.25, -0.2) is 8.78 Å². The van der Waals surface area contributed by atoms with Crippen molar-refractivity contribution in [3.8, 4) is 0 Å². The summed E-state index contributed by atoms with van der Waals surface area (Å²) in [6.45, 7) is -2.33. The third-order valence-corrected chi connectivity index (χ3v) is 10.6. The van der Waals surface area contributed by atoms with Gasteiger partial charge in [-0.05, 0) is 12.8 Å². The van der Waals surface area contributed by atoms with Crippen LogP contribution in [0, 0.1) is 11.8 Å². The highest BCUT2D eigenvalue weighted by molar-refractivity contribution is 5.23. The van der Waals surface area contributed by atoms with Crippen LogP contribution in [0.15, 0.2) is 25.3 Å². The number of hydrogen-bond donors (Lipinski definition) is 0. The highest BCUT2D eigenvalue weighted by Crippen LogP contribution is 2.71. The van der Waals surface area contributed by atoms with Crippen LogP contribution in [0.2, 0.25) is 0 Å². The maximum absolute atomic E-state index is 15.0. The Morgan fingerprint density at radius 3 is 0.506 bits per heavy atom. The molecule has 472 valence electrons. The van der Waals surface area contributed by atoms with Gasteiger partial charge >= 0.3 is 131 Å². The number of alkyl halides is 46. The minimum absolute atomic E-state index is 0.564. The molecule has 0 aliphatic carbocycles. The SMILES string of the molecule is C=CCC(COCC(CC=C)C(F)(F)C(F)(F)C(F)(F)C(F)(F)C(F)(F)C(F)(F)C(F)(F)C(F)(F)C(F)(C(F)(F)F)C(F)(F)F)C(F)(F)C(F)(F)C(F)(F)C(F)(F)C(F)(F)C(F)(F)C(F)(F)C(F)(F)C(F)(C(F)(F)F)C(F)(F)F. The molecule has 2 atom stereocenters. The molecular weight excluding hydrogens is 1270 g/mol. The van der Waals surface area contributed by atoms with E-state index < -0.39 is 181 Å². The first-order valence-electron chi connectivity index (χ1n) is 18.1. The Morgan fingerprint density at radius 1 is 0.228 bits per heavy atom. The first-order valence-corrected chi connectivity index (χ1v) is 18.1. The monoisotopic (exact) mass is 1290 g/mol. The van der Waals surface area contributed by atoms with Crippen molar-refractivity contribution in [2.45, 2.75) is 144 Å². The van der Waals surface area contributed by atoms with E-state index in [-0.39, 0.29) is 0 Å². The van der Waals surface area contributed by atoms with E-state index in [0.29, 0.717) is 0 Å². The van der Waals surface area contributed by atoms with Crippen LogP contribution in [0.3, 0.4) is 0 Å². The van der Waals surface area contributed by atoms with E-state index in [1.807, 2.05) is 0 Å². The largest absolute Gasteiger partial charge is 0.438 e. The first kappa shape index (κ1) is 75.2. The topological polar surface area (TPSA) is 9.23 Å². The molecule has 0 N–H and O–H groups in total. The Balaban J connectivity index is 7.67. The molecule has 0 heterocycles. The zero-order chi connectivity index (χ0) is 65.1. The third kappa shape index (κ3) is 9.66. The third-order valence-electron chi connectivity index (χ3n) is 10.6. The summed E-state index contributed by atoms with van der Waals surface area (Å²) in [4.78, 5) is 0. The van der Waals surface area contributed by atoms with Crippen LogP contribution in [0.5, 0.6) is 0 Å². The highest BCUT2D eigenvalue weighted by atomic mass is 19.5. The van der Waals surface area contributed by atoms with Crippen molar-refractivity contribution in [3.05, 3.63) is 25.3 Å². The zero-order valence-corrected chi connectivity index (χ0v) is 35.3. The van der Waals surface area contributed by atoms with Crippen molar-refractivity contribution in [1.29, 1.82) is 0 Å². The molecular formula is C32H16F46O. The summed E-state index contributed by atoms with van der Waals surface area (Å²) in [7, 11) is 0. The van der Waals surface area contributed by atoms with Gasteiger partial charge in [-0.3, -0.25) is 0 Å². The molecule has 0 bridgehead atoms. The van der Waals surface area contributed by atoms with Gasteiger partial charge in [-0.2, -0.15) is 193 Å². The molecule has 0 saturated heterocycles. The molecule has 0 amide bonds. The molecule has 0 aromatic rings. The van der Waals surface area contributed by atoms with Gasteiger partial charge in [0.2, 0.25) is 0 Å². The van der Waals surface area contributed by atoms with E-state index >= 15 is 17.6 Å². The lowest BCUT2D eigenvalue weighted by Crippen LogP contribution is -2.79. The first-order chi connectivity index (χ1) is 33.6. The van der Waals surface area contributed by atoms with Gasteiger partial charge in [0.1, 0.15) is 0 Å². The van der Waals surface area contributed by atoms with Gasteiger partial charge in [0.25, 0.3) is 0 Å². The number of hydrogen-bond acceptors (Lipinski definition) is 1. The molecule has 47 heteroatoms. The van der Waals surface area contributed by atoms with Gasteiger partial charge < -0.3 is 4.74 Å². The minimum Gasteiger partial charge on any atom is -0.380 e. The van der Waals surface area contributed by atoms with Gasteiger partial charge in [0.15, 0.2) is 0 Å². The van der Waals surface area contributed by atoms with Crippen LogP contribution in [0.1, 0.15) is 12.8 Å². The normalized spacial score (nSPS) is 17.5. The second kappa shape index (κ2) is 20.0. The van der Waals surface area contributed by atoms with Gasteiger partial charge in [-0.1, -0.05) is 12.2 Å². The van der Waals surface area contributed by atoms with Crippen molar-refractivity contribution < 1.29 is 207 Å². The van der Waals surface area contributed by atoms with Crippen LogP contribution >= 0.6 is 0 Å². The van der Waals surface area contributed by atoms with Crippen LogP contribution in [-0.4, -0.2) is 144 Å². The van der Waals surface area contributed by atoms with Crippen molar-refractivity contribution >= 4 is 0 Å². The van der Waals surface area contributed by atoms with E-state index in [9.17, 15) is 184 Å². The van der Waals surface area contributed by atoms with E-state index in [0.717, 1.165) is 0 Å². The predicted octanol–water partition coefficient (Wildman–Crippen LogP) is 17.2. The van der Waals surface area contributed by atoms with Crippen LogP contribution in [-0.2, 0) is 4.74 Å². The van der Waals surface area contributed by atoms with Crippen molar-refractivity contribution in [1.82, 2.24) is 0 Å². The molecule has 1 nitrogen and oxygen atoms in total. The molecule has 0 aromatic heterocycles. The standard InChI is InChI=1S/C32H16F46O/c1-3-5-9(11(33,34)15(39,40)19(47,48)23(55,56)27(63,64)25(59,60)21(51,52)17(43,44)13(37,29(67,68)69)30(70,71)72)7-79-8-10(6-4-2)12(35,36)16(41,42)20(49,50)24(57,58)28(65,66)26(61,62)22(53,54)18(45,46)14(38,31(73,74)75)32(76,77)78/h3-4,9-10H,1-2,5-8H2. The lowest BCUT2D eigenvalue weighted by atomic mass is 9.81. The lowest BCUT2D eigenvalue weighted by molar-refractivity contribution is -0.482. The van der Waals surface area contributed by atoms with E-state index in [4.69, 9.17) is 0 Å². The van der Waals surface area contributed by atoms with Gasteiger partial charge in [-0.15, -0.1) is 13.2 Å². The fourth-order valence-corrected chi connectivity index (χ4v) is 5.77. The van der Waals surface area contributed by atoms with Gasteiger partial charge in [0, 0.05) is 0 Å². The summed E-state index contributed by atoms with van der Waals surface area (Å²) in [5.74, 6) is -162. The summed E-state index contributed by atoms with van der Waals surface area (Å²) in [5.41, 5.74) is -18.8. The molecule has 0 radical (unpaired) electrons. The second-order valence-corrected chi connectivity index (χ2v) is 15.6. The molecule has 0 aliphatic heterocycles. The van der Waals surface area contributed by atoms with Crippen molar-refractivity contribution in [3.63, 3.8) is 0 Å². The second-order valence-electron chi connectivity index (χ2n) is 15.6. The maximum Gasteiger partial charge on any atom is 0.438 e. The predicted molar refractivity (Wildman–Crippen MR) is 158 cm³/mol. The highest BCUT2D eigenvalue weighted by Gasteiger charge is 3.02. The summed E-state index contributed by atoms with van der Waals surface area (Å²) >= 11 is 0. The fourth-order valence-electron chi connectivity index (χ4n) is 5.77. The Hall–Kier alpha value is -3.78. The van der Waals surface area contributed by atoms with Crippen molar-refractivity contribution in [2.75, 3.05) is 13.2 Å². The molecule has 79 heavy (non-hydrogen) atoms.